The van der Waals surface area contributed by atoms with Crippen molar-refractivity contribution in [3.05, 3.63) is 99.9 Å². The van der Waals surface area contributed by atoms with E-state index in [1.165, 1.54) is 6.07 Å². The molecular formula is C24H20ClN3O2. The predicted octanol–water partition coefficient (Wildman–Crippen LogP) is 4.54. The molecule has 6 heteroatoms. The molecule has 2 aromatic heterocycles. The van der Waals surface area contributed by atoms with E-state index in [0.717, 1.165) is 11.3 Å². The summed E-state index contributed by atoms with van der Waals surface area (Å²) in [5.41, 5.74) is 2.85. The normalized spacial score (nSPS) is 10.8. The summed E-state index contributed by atoms with van der Waals surface area (Å²) in [5, 5.41) is 4.21. The van der Waals surface area contributed by atoms with Crippen LogP contribution in [0.25, 0.3) is 22.2 Å². The second-order valence-electron chi connectivity index (χ2n) is 6.92. The maximum atomic E-state index is 13.0. The highest BCUT2D eigenvalue weighted by Gasteiger charge is 2.14. The molecule has 0 atom stereocenters. The lowest BCUT2D eigenvalue weighted by atomic mass is 10.0. The van der Waals surface area contributed by atoms with Crippen LogP contribution in [0.4, 0.5) is 0 Å². The number of amides is 1. The number of nitrogens with one attached hydrogen (secondary N) is 1. The fourth-order valence-corrected chi connectivity index (χ4v) is 3.51. The smallest absolute Gasteiger partial charge is 0.252 e. The summed E-state index contributed by atoms with van der Waals surface area (Å²) in [7, 11) is 0. The van der Waals surface area contributed by atoms with Crippen molar-refractivity contribution in [1.29, 1.82) is 0 Å². The van der Waals surface area contributed by atoms with Crippen molar-refractivity contribution in [2.75, 3.05) is 6.54 Å². The summed E-state index contributed by atoms with van der Waals surface area (Å²) in [5.74, 6) is -0.192. The zero-order valence-electron chi connectivity index (χ0n) is 16.2. The molecule has 1 N–H and O–H groups in total. The molecule has 150 valence electrons. The molecule has 0 unspecified atom stereocenters. The highest BCUT2D eigenvalue weighted by molar-refractivity contribution is 6.31. The summed E-state index contributed by atoms with van der Waals surface area (Å²) < 4.78 is 1.63. The van der Waals surface area contributed by atoms with Crippen LogP contribution in [-0.4, -0.2) is 22.0 Å². The molecule has 0 spiro atoms. The van der Waals surface area contributed by atoms with Gasteiger partial charge in [0.1, 0.15) is 0 Å². The molecule has 2 heterocycles. The molecule has 5 nitrogen and oxygen atoms in total. The number of benzene rings is 2. The number of hydrogen-bond donors (Lipinski definition) is 1. The van der Waals surface area contributed by atoms with Gasteiger partial charge in [-0.05, 0) is 36.8 Å². The Morgan fingerprint density at radius 2 is 1.80 bits per heavy atom. The first-order valence-electron chi connectivity index (χ1n) is 9.71. The number of carbonyl (C=O) groups is 1. The standard InChI is InChI=1S/C24H20ClN3O2/c25-18-10-11-21-19(15-18)20(16-22(27-21)17-7-2-1-3-8-17)24(30)26-12-6-14-28-13-5-4-9-23(28)29/h1-5,7-11,13,15-16H,6,12,14H2,(H,26,30). The number of aryl methyl sites for hydroxylation is 1. The molecule has 4 rings (SSSR count). The van der Waals surface area contributed by atoms with Crippen LogP contribution in [0.1, 0.15) is 16.8 Å². The highest BCUT2D eigenvalue weighted by Crippen LogP contribution is 2.27. The fraction of sp³-hybridized carbons (Fsp3) is 0.125. The lowest BCUT2D eigenvalue weighted by molar-refractivity contribution is 0.0954. The predicted molar refractivity (Wildman–Crippen MR) is 120 cm³/mol. The monoisotopic (exact) mass is 417 g/mol. The fourth-order valence-electron chi connectivity index (χ4n) is 3.33. The molecule has 0 radical (unpaired) electrons. The van der Waals surface area contributed by atoms with Crippen LogP contribution in [0.3, 0.4) is 0 Å². The van der Waals surface area contributed by atoms with E-state index in [-0.39, 0.29) is 11.5 Å². The van der Waals surface area contributed by atoms with Gasteiger partial charge in [-0.2, -0.15) is 0 Å². The second kappa shape index (κ2) is 8.93. The van der Waals surface area contributed by atoms with Crippen LogP contribution < -0.4 is 10.9 Å². The highest BCUT2D eigenvalue weighted by atomic mass is 35.5. The van der Waals surface area contributed by atoms with Gasteiger partial charge in [0.15, 0.2) is 0 Å². The van der Waals surface area contributed by atoms with Gasteiger partial charge in [-0.25, -0.2) is 4.98 Å². The number of fused-ring (bicyclic) bond motifs is 1. The van der Waals surface area contributed by atoms with Crippen molar-refractivity contribution in [2.24, 2.45) is 0 Å². The van der Waals surface area contributed by atoms with Crippen LogP contribution in [0, 0.1) is 0 Å². The third-order valence-electron chi connectivity index (χ3n) is 4.85. The lowest BCUT2D eigenvalue weighted by Crippen LogP contribution is -2.27. The topological polar surface area (TPSA) is 64.0 Å². The molecule has 30 heavy (non-hydrogen) atoms. The van der Waals surface area contributed by atoms with Gasteiger partial charge in [0.25, 0.3) is 5.91 Å². The van der Waals surface area contributed by atoms with E-state index in [9.17, 15) is 9.59 Å². The average molecular weight is 418 g/mol. The van der Waals surface area contributed by atoms with Crippen molar-refractivity contribution in [2.45, 2.75) is 13.0 Å². The summed E-state index contributed by atoms with van der Waals surface area (Å²) in [6, 6.07) is 21.9. The van der Waals surface area contributed by atoms with Crippen molar-refractivity contribution in [3.63, 3.8) is 0 Å². The number of carbonyl (C=O) groups excluding carboxylic acids is 1. The third-order valence-corrected chi connectivity index (χ3v) is 5.08. The maximum Gasteiger partial charge on any atom is 0.252 e. The number of halogens is 1. The number of hydrogen-bond acceptors (Lipinski definition) is 3. The Kier molecular flexibility index (Phi) is 5.91. The number of rotatable bonds is 6. The van der Waals surface area contributed by atoms with Gasteiger partial charge in [-0.1, -0.05) is 48.0 Å². The molecule has 0 saturated carbocycles. The number of aromatic nitrogens is 2. The van der Waals surface area contributed by atoms with Crippen molar-refractivity contribution in [1.82, 2.24) is 14.9 Å². The quantitative estimate of drug-likeness (QED) is 0.468. The van der Waals surface area contributed by atoms with Gasteiger partial charge in [0.05, 0.1) is 16.8 Å². The minimum absolute atomic E-state index is 0.0499. The molecule has 0 aliphatic heterocycles. The van der Waals surface area contributed by atoms with Gasteiger partial charge in [-0.3, -0.25) is 9.59 Å². The molecular weight excluding hydrogens is 398 g/mol. The first-order chi connectivity index (χ1) is 14.6. The van der Waals surface area contributed by atoms with Gasteiger partial charge < -0.3 is 9.88 Å². The minimum atomic E-state index is -0.192. The van der Waals surface area contributed by atoms with E-state index in [0.29, 0.717) is 41.0 Å². The Morgan fingerprint density at radius 3 is 2.60 bits per heavy atom. The minimum Gasteiger partial charge on any atom is -0.352 e. The van der Waals surface area contributed by atoms with Crippen LogP contribution in [-0.2, 0) is 6.54 Å². The Labute approximate surface area is 179 Å². The van der Waals surface area contributed by atoms with Crippen molar-refractivity contribution in [3.8, 4) is 11.3 Å². The summed E-state index contributed by atoms with van der Waals surface area (Å²) in [4.78, 5) is 29.5. The maximum absolute atomic E-state index is 13.0. The van der Waals surface area contributed by atoms with Crippen LogP contribution in [0.5, 0.6) is 0 Å². The Bertz CT molecular complexity index is 1250. The second-order valence-corrected chi connectivity index (χ2v) is 7.36. The van der Waals surface area contributed by atoms with Gasteiger partial charge in [0, 0.05) is 41.3 Å². The molecule has 0 aliphatic rings. The van der Waals surface area contributed by atoms with E-state index in [2.05, 4.69) is 5.32 Å². The molecule has 0 aliphatic carbocycles. The van der Waals surface area contributed by atoms with Crippen LogP contribution in [0.15, 0.2) is 83.8 Å². The van der Waals surface area contributed by atoms with Gasteiger partial charge in [0.2, 0.25) is 5.56 Å². The molecule has 0 bridgehead atoms. The molecule has 2 aromatic carbocycles. The van der Waals surface area contributed by atoms with E-state index in [1.54, 1.807) is 35.0 Å². The molecule has 1 amide bonds. The largest absolute Gasteiger partial charge is 0.352 e. The van der Waals surface area contributed by atoms with E-state index in [4.69, 9.17) is 16.6 Å². The zero-order valence-corrected chi connectivity index (χ0v) is 17.0. The zero-order chi connectivity index (χ0) is 20.9. The SMILES string of the molecule is O=C(NCCCn1ccccc1=O)c1cc(-c2ccccc2)nc2ccc(Cl)cc12. The Morgan fingerprint density at radius 1 is 1.00 bits per heavy atom. The Hall–Kier alpha value is -3.44. The summed E-state index contributed by atoms with van der Waals surface area (Å²) >= 11 is 6.17. The summed E-state index contributed by atoms with van der Waals surface area (Å²) in [6.45, 7) is 0.989. The molecule has 0 fully saturated rings. The first-order valence-corrected chi connectivity index (χ1v) is 10.1. The van der Waals surface area contributed by atoms with Gasteiger partial charge in [-0.15, -0.1) is 0 Å². The average Bonchev–Trinajstić information content (AvgIpc) is 2.77. The molecule has 4 aromatic rings. The van der Waals surface area contributed by atoms with Crippen LogP contribution >= 0.6 is 11.6 Å². The van der Waals surface area contributed by atoms with E-state index in [1.807, 2.05) is 42.5 Å². The van der Waals surface area contributed by atoms with Crippen LogP contribution in [0.2, 0.25) is 5.02 Å². The third kappa shape index (κ3) is 4.42. The first kappa shape index (κ1) is 19.9. The number of pyridine rings is 2. The lowest BCUT2D eigenvalue weighted by Gasteiger charge is -2.11. The van der Waals surface area contributed by atoms with Crippen molar-refractivity contribution >= 4 is 28.4 Å². The van der Waals surface area contributed by atoms with E-state index < -0.39 is 0 Å². The van der Waals surface area contributed by atoms with E-state index >= 15 is 0 Å². The number of nitrogens with zero attached hydrogens (tertiary/aromatic N) is 2. The summed E-state index contributed by atoms with van der Waals surface area (Å²) in [6.07, 6.45) is 2.39. The van der Waals surface area contributed by atoms with Gasteiger partial charge >= 0.3 is 0 Å². The van der Waals surface area contributed by atoms with Crippen molar-refractivity contribution < 1.29 is 4.79 Å². The molecule has 0 saturated heterocycles. The Balaban J connectivity index is 1.57.